The summed E-state index contributed by atoms with van der Waals surface area (Å²) in [5.41, 5.74) is 2.36. The maximum atomic E-state index is 12.3. The molecular weight excluding hydrogens is 300 g/mol. The van der Waals surface area contributed by atoms with E-state index < -0.39 is 5.91 Å². The van der Waals surface area contributed by atoms with Gasteiger partial charge in [0, 0.05) is 17.3 Å². The van der Waals surface area contributed by atoms with Crippen LogP contribution in [0.5, 0.6) is 0 Å². The Morgan fingerprint density at radius 1 is 1.27 bits per heavy atom. The highest BCUT2D eigenvalue weighted by molar-refractivity contribution is 7.11. The van der Waals surface area contributed by atoms with Gasteiger partial charge >= 0.3 is 0 Å². The molecule has 0 aliphatic rings. The van der Waals surface area contributed by atoms with Crippen LogP contribution in [0.25, 0.3) is 10.8 Å². The zero-order valence-electron chi connectivity index (χ0n) is 11.7. The molecule has 0 aliphatic heterocycles. The minimum Gasteiger partial charge on any atom is -0.267 e. The Morgan fingerprint density at radius 3 is 2.77 bits per heavy atom. The zero-order valence-corrected chi connectivity index (χ0v) is 12.5. The summed E-state index contributed by atoms with van der Waals surface area (Å²) < 4.78 is 1.15. The zero-order chi connectivity index (χ0) is 15.5. The van der Waals surface area contributed by atoms with Crippen molar-refractivity contribution in [2.24, 2.45) is 12.1 Å². The second-order valence-electron chi connectivity index (χ2n) is 4.54. The molecule has 0 bridgehead atoms. The normalized spacial score (nSPS) is 11.1. The molecule has 3 aromatic rings. The smallest absolute Gasteiger partial charge is 0.267 e. The van der Waals surface area contributed by atoms with E-state index >= 15 is 0 Å². The fourth-order valence-electron chi connectivity index (χ4n) is 2.04. The van der Waals surface area contributed by atoms with Crippen LogP contribution >= 0.6 is 11.3 Å². The molecule has 2 aromatic heterocycles. The first-order valence-corrected chi connectivity index (χ1v) is 7.38. The summed E-state index contributed by atoms with van der Waals surface area (Å²) in [5, 5.41) is 10.8. The molecule has 0 unspecified atom stereocenters. The fraction of sp³-hybridized carbons (Fsp3) is 0.0667. The van der Waals surface area contributed by atoms with Gasteiger partial charge in [0.25, 0.3) is 11.5 Å². The first-order chi connectivity index (χ1) is 10.7. The predicted molar refractivity (Wildman–Crippen MR) is 86.4 cm³/mol. The van der Waals surface area contributed by atoms with Gasteiger partial charge in [0.1, 0.15) is 0 Å². The average Bonchev–Trinajstić information content (AvgIpc) is 3.04. The number of amides is 1. The number of nitrogens with zero attached hydrogens (tertiary/aromatic N) is 3. The van der Waals surface area contributed by atoms with E-state index in [1.54, 1.807) is 30.5 Å². The van der Waals surface area contributed by atoms with Gasteiger partial charge in [-0.25, -0.2) is 10.1 Å². The van der Waals surface area contributed by atoms with Gasteiger partial charge in [-0.15, -0.1) is 11.3 Å². The van der Waals surface area contributed by atoms with Crippen molar-refractivity contribution in [1.82, 2.24) is 15.2 Å². The number of hydrogen-bond donors (Lipinski definition) is 1. The van der Waals surface area contributed by atoms with Gasteiger partial charge in [-0.1, -0.05) is 24.3 Å². The lowest BCUT2D eigenvalue weighted by Gasteiger charge is -2.06. The van der Waals surface area contributed by atoms with Crippen LogP contribution in [0.1, 0.15) is 15.4 Å². The van der Waals surface area contributed by atoms with Gasteiger partial charge in [-0.05, 0) is 17.5 Å². The quantitative estimate of drug-likeness (QED) is 0.591. The molecule has 1 amide bonds. The Bertz CT molecular complexity index is 913. The van der Waals surface area contributed by atoms with Crippen molar-refractivity contribution in [3.05, 3.63) is 62.7 Å². The molecule has 1 N–H and O–H groups in total. The number of aryl methyl sites for hydroxylation is 1. The molecule has 3 rings (SSSR count). The van der Waals surface area contributed by atoms with Crippen molar-refractivity contribution in [1.29, 1.82) is 0 Å². The summed E-state index contributed by atoms with van der Waals surface area (Å²) in [4.78, 5) is 25.2. The lowest BCUT2D eigenvalue weighted by Crippen LogP contribution is -2.27. The third kappa shape index (κ3) is 2.66. The highest BCUT2D eigenvalue weighted by Crippen LogP contribution is 2.12. The second-order valence-corrected chi connectivity index (χ2v) is 5.52. The van der Waals surface area contributed by atoms with Crippen molar-refractivity contribution in [3.63, 3.8) is 0 Å². The molecule has 2 heterocycles. The molecule has 0 aliphatic carbocycles. The highest BCUT2D eigenvalue weighted by Gasteiger charge is 2.14. The molecule has 110 valence electrons. The Labute approximate surface area is 129 Å². The van der Waals surface area contributed by atoms with Gasteiger partial charge in [-0.3, -0.25) is 9.59 Å². The number of fused-ring (bicyclic) bond motifs is 1. The van der Waals surface area contributed by atoms with Crippen molar-refractivity contribution in [2.75, 3.05) is 0 Å². The summed E-state index contributed by atoms with van der Waals surface area (Å²) in [6.45, 7) is 0. The third-order valence-corrected chi connectivity index (χ3v) is 3.88. The van der Waals surface area contributed by atoms with E-state index in [-0.39, 0.29) is 11.3 Å². The summed E-state index contributed by atoms with van der Waals surface area (Å²) in [6, 6.07) is 10.7. The van der Waals surface area contributed by atoms with Crippen LogP contribution in [0.3, 0.4) is 0 Å². The Hall–Kier alpha value is -2.80. The molecule has 0 spiro atoms. The van der Waals surface area contributed by atoms with E-state index in [9.17, 15) is 9.59 Å². The molecule has 0 fully saturated rings. The molecule has 7 heteroatoms. The van der Waals surface area contributed by atoms with Crippen LogP contribution in [0, 0.1) is 0 Å². The summed E-state index contributed by atoms with van der Waals surface area (Å²) in [6.07, 6.45) is 1.56. The molecule has 0 radical (unpaired) electrons. The Morgan fingerprint density at radius 2 is 2.05 bits per heavy atom. The van der Waals surface area contributed by atoms with Crippen LogP contribution in [0.15, 0.2) is 51.7 Å². The Kier molecular flexibility index (Phi) is 3.80. The van der Waals surface area contributed by atoms with Crippen molar-refractivity contribution in [2.45, 2.75) is 0 Å². The summed E-state index contributed by atoms with van der Waals surface area (Å²) >= 11 is 1.52. The number of hydrazone groups is 1. The predicted octanol–water partition coefficient (Wildman–Crippen LogP) is 1.76. The number of aromatic nitrogens is 2. The fourth-order valence-corrected chi connectivity index (χ4v) is 2.62. The van der Waals surface area contributed by atoms with Crippen LogP contribution in [-0.2, 0) is 7.05 Å². The summed E-state index contributed by atoms with van der Waals surface area (Å²) in [5.74, 6) is -0.459. The van der Waals surface area contributed by atoms with Crippen LogP contribution in [0.2, 0.25) is 0 Å². The number of rotatable bonds is 3. The average molecular weight is 312 g/mol. The van der Waals surface area contributed by atoms with E-state index in [4.69, 9.17) is 0 Å². The topological polar surface area (TPSA) is 76.3 Å². The first kappa shape index (κ1) is 14.2. The molecule has 0 saturated carbocycles. The minimum atomic E-state index is -0.459. The van der Waals surface area contributed by atoms with Crippen molar-refractivity contribution < 1.29 is 4.79 Å². The maximum absolute atomic E-state index is 12.3. The van der Waals surface area contributed by atoms with Crippen LogP contribution < -0.4 is 11.0 Å². The van der Waals surface area contributed by atoms with Gasteiger partial charge in [0.2, 0.25) is 0 Å². The first-order valence-electron chi connectivity index (χ1n) is 6.50. The van der Waals surface area contributed by atoms with Gasteiger partial charge < -0.3 is 0 Å². The van der Waals surface area contributed by atoms with E-state index in [1.807, 2.05) is 17.5 Å². The van der Waals surface area contributed by atoms with Gasteiger partial charge in [0.15, 0.2) is 5.69 Å². The second kappa shape index (κ2) is 5.90. The van der Waals surface area contributed by atoms with Crippen molar-refractivity contribution in [3.8, 4) is 0 Å². The minimum absolute atomic E-state index is 0.168. The lowest BCUT2D eigenvalue weighted by molar-refractivity contribution is 0.0950. The van der Waals surface area contributed by atoms with Gasteiger partial charge in [-0.2, -0.15) is 10.2 Å². The molecular formula is C15H12N4O2S. The number of nitrogens with one attached hydrogen (secondary N) is 1. The maximum Gasteiger partial charge on any atom is 0.292 e. The highest BCUT2D eigenvalue weighted by atomic mass is 32.1. The molecule has 22 heavy (non-hydrogen) atoms. The molecule has 1 aromatic carbocycles. The third-order valence-electron chi connectivity index (χ3n) is 3.07. The number of benzene rings is 1. The van der Waals surface area contributed by atoms with Crippen LogP contribution in [-0.4, -0.2) is 21.9 Å². The Balaban J connectivity index is 1.94. The standard InChI is InChI=1S/C15H12N4O2S/c1-19-15(21)12-7-3-2-6-11(12)13(18-19)14(20)17-16-9-10-5-4-8-22-10/h2-9H,1H3,(H,17,20)/b16-9+. The number of thiophene rings is 1. The number of hydrogen-bond acceptors (Lipinski definition) is 5. The number of carbonyl (C=O) groups is 1. The lowest BCUT2D eigenvalue weighted by atomic mass is 10.1. The van der Waals surface area contributed by atoms with E-state index in [0.717, 1.165) is 9.56 Å². The monoisotopic (exact) mass is 312 g/mol. The molecule has 6 nitrogen and oxygen atoms in total. The largest absolute Gasteiger partial charge is 0.292 e. The number of carbonyl (C=O) groups excluding carboxylic acids is 1. The molecule has 0 atom stereocenters. The summed E-state index contributed by atoms with van der Waals surface area (Å²) in [7, 11) is 1.51. The van der Waals surface area contributed by atoms with E-state index in [0.29, 0.717) is 10.8 Å². The van der Waals surface area contributed by atoms with Crippen molar-refractivity contribution >= 4 is 34.2 Å². The molecule has 0 saturated heterocycles. The van der Waals surface area contributed by atoms with Gasteiger partial charge in [0.05, 0.1) is 11.6 Å². The van der Waals surface area contributed by atoms with E-state index in [2.05, 4.69) is 15.6 Å². The SMILES string of the molecule is Cn1nc(C(=O)N/N=C/c2cccs2)c2ccccc2c1=O. The van der Waals surface area contributed by atoms with E-state index in [1.165, 1.54) is 18.4 Å². The van der Waals surface area contributed by atoms with Crippen LogP contribution in [0.4, 0.5) is 0 Å².